The van der Waals surface area contributed by atoms with Crippen LogP contribution in [0, 0.1) is 0 Å². The second-order valence-electron chi connectivity index (χ2n) is 7.77. The number of rotatable bonds is 8. The van der Waals surface area contributed by atoms with Crippen LogP contribution in [0.5, 0.6) is 5.75 Å². The fraction of sp³-hybridized carbons (Fsp3) is 0.231. The van der Waals surface area contributed by atoms with Crippen LogP contribution < -0.4 is 10.2 Å². The lowest BCUT2D eigenvalue weighted by atomic mass is 10.1. The van der Waals surface area contributed by atoms with Gasteiger partial charge in [-0.2, -0.15) is 5.10 Å². The van der Waals surface area contributed by atoms with Crippen LogP contribution in [0.4, 0.5) is 0 Å². The Morgan fingerprint density at radius 2 is 1.79 bits per heavy atom. The highest BCUT2D eigenvalue weighted by atomic mass is 35.5. The lowest BCUT2D eigenvalue weighted by molar-refractivity contribution is 0.0342. The first-order valence-electron chi connectivity index (χ1n) is 10.9. The molecule has 4 rings (SSSR count). The Morgan fingerprint density at radius 3 is 2.52 bits per heavy atom. The summed E-state index contributed by atoms with van der Waals surface area (Å²) in [5, 5.41) is 4.75. The van der Waals surface area contributed by atoms with Crippen LogP contribution >= 0.6 is 11.6 Å². The van der Waals surface area contributed by atoms with E-state index in [0.29, 0.717) is 17.2 Å². The van der Waals surface area contributed by atoms with Crippen molar-refractivity contribution in [2.45, 2.75) is 13.2 Å². The van der Waals surface area contributed by atoms with Crippen molar-refractivity contribution in [2.24, 2.45) is 5.10 Å². The number of nitrogens with one attached hydrogen (secondary N) is 1. The third-order valence-electron chi connectivity index (χ3n) is 5.28. The number of benzene rings is 3. The summed E-state index contributed by atoms with van der Waals surface area (Å²) in [5.74, 6) is 0.499. The second-order valence-corrected chi connectivity index (χ2v) is 8.21. The topological polar surface area (TPSA) is 63.2 Å². The van der Waals surface area contributed by atoms with E-state index >= 15 is 0 Å². The van der Waals surface area contributed by atoms with E-state index in [4.69, 9.17) is 21.1 Å². The summed E-state index contributed by atoms with van der Waals surface area (Å²) in [4.78, 5) is 14.7. The predicted molar refractivity (Wildman–Crippen MR) is 130 cm³/mol. The molecule has 0 bridgehead atoms. The van der Waals surface area contributed by atoms with Crippen LogP contribution in [0.2, 0.25) is 5.02 Å². The number of hydrogen-bond donors (Lipinski definition) is 1. The SMILES string of the molecule is O=C(N/N=C/c1ccc(OCc2cccc(Cl)c2)cc1)c1ccc(CN2CCOCC2)cc1. The number of halogens is 1. The first kappa shape index (κ1) is 23.0. The lowest BCUT2D eigenvalue weighted by Gasteiger charge is -2.26. The monoisotopic (exact) mass is 463 g/mol. The van der Waals surface area contributed by atoms with E-state index in [1.165, 1.54) is 5.56 Å². The van der Waals surface area contributed by atoms with Gasteiger partial charge in [0.15, 0.2) is 0 Å². The average Bonchev–Trinajstić information content (AvgIpc) is 2.85. The Balaban J connectivity index is 1.24. The molecule has 7 heteroatoms. The van der Waals surface area contributed by atoms with E-state index in [1.54, 1.807) is 6.21 Å². The third kappa shape index (κ3) is 7.15. The van der Waals surface area contributed by atoms with Crippen molar-refractivity contribution in [1.82, 2.24) is 10.3 Å². The summed E-state index contributed by atoms with van der Waals surface area (Å²) < 4.78 is 11.2. The summed E-state index contributed by atoms with van der Waals surface area (Å²) in [6.07, 6.45) is 1.60. The zero-order valence-electron chi connectivity index (χ0n) is 18.2. The highest BCUT2D eigenvalue weighted by molar-refractivity contribution is 6.30. The first-order valence-corrected chi connectivity index (χ1v) is 11.2. The number of morpholine rings is 1. The summed E-state index contributed by atoms with van der Waals surface area (Å²) >= 11 is 5.99. The fourth-order valence-electron chi connectivity index (χ4n) is 3.45. The van der Waals surface area contributed by atoms with Gasteiger partial charge in [0.25, 0.3) is 5.91 Å². The molecule has 1 heterocycles. The molecule has 0 unspecified atom stereocenters. The maximum absolute atomic E-state index is 12.4. The maximum atomic E-state index is 12.4. The molecule has 6 nitrogen and oxygen atoms in total. The number of carbonyl (C=O) groups is 1. The maximum Gasteiger partial charge on any atom is 0.271 e. The van der Waals surface area contributed by atoms with Gasteiger partial charge in [-0.1, -0.05) is 35.9 Å². The number of carbonyl (C=O) groups excluding carboxylic acids is 1. The minimum Gasteiger partial charge on any atom is -0.489 e. The normalized spacial score (nSPS) is 14.3. The molecule has 0 saturated carbocycles. The summed E-state index contributed by atoms with van der Waals surface area (Å²) in [6.45, 7) is 4.73. The molecule has 33 heavy (non-hydrogen) atoms. The highest BCUT2D eigenvalue weighted by Gasteiger charge is 2.11. The van der Waals surface area contributed by atoms with Crippen molar-refractivity contribution in [3.63, 3.8) is 0 Å². The van der Waals surface area contributed by atoms with E-state index in [-0.39, 0.29) is 5.91 Å². The molecular formula is C26H26ClN3O3. The van der Waals surface area contributed by atoms with Gasteiger partial charge in [-0.25, -0.2) is 5.43 Å². The molecule has 1 N–H and O–H groups in total. The molecular weight excluding hydrogens is 438 g/mol. The number of amides is 1. The highest BCUT2D eigenvalue weighted by Crippen LogP contribution is 2.16. The van der Waals surface area contributed by atoms with Crippen LogP contribution in [-0.2, 0) is 17.9 Å². The Morgan fingerprint density at radius 1 is 1.03 bits per heavy atom. The first-order chi connectivity index (χ1) is 16.2. The fourth-order valence-corrected chi connectivity index (χ4v) is 3.67. The molecule has 1 aliphatic rings. The van der Waals surface area contributed by atoms with Crippen molar-refractivity contribution >= 4 is 23.7 Å². The number of ether oxygens (including phenoxy) is 2. The molecule has 0 aromatic heterocycles. The molecule has 3 aromatic carbocycles. The molecule has 0 radical (unpaired) electrons. The number of hydrazone groups is 1. The number of hydrogen-bond acceptors (Lipinski definition) is 5. The lowest BCUT2D eigenvalue weighted by Crippen LogP contribution is -2.35. The largest absolute Gasteiger partial charge is 0.489 e. The second kappa shape index (κ2) is 11.6. The standard InChI is InChI=1S/C26H26ClN3O3/c27-24-3-1-2-22(16-24)19-33-25-10-6-20(7-11-25)17-28-29-26(31)23-8-4-21(5-9-23)18-30-12-14-32-15-13-30/h1-11,16-17H,12-15,18-19H2,(H,29,31)/b28-17+. The Labute approximate surface area is 198 Å². The molecule has 1 saturated heterocycles. The minimum absolute atomic E-state index is 0.245. The molecule has 3 aromatic rings. The Hall–Kier alpha value is -3.19. The average molecular weight is 464 g/mol. The third-order valence-corrected chi connectivity index (χ3v) is 5.52. The van der Waals surface area contributed by atoms with Gasteiger partial charge >= 0.3 is 0 Å². The van der Waals surface area contributed by atoms with Gasteiger partial charge in [0, 0.05) is 30.2 Å². The minimum atomic E-state index is -0.245. The zero-order chi connectivity index (χ0) is 22.9. The molecule has 0 aliphatic carbocycles. The number of nitrogens with zero attached hydrogens (tertiary/aromatic N) is 2. The predicted octanol–water partition coefficient (Wildman–Crippen LogP) is 4.52. The van der Waals surface area contributed by atoms with Crippen LogP contribution in [0.3, 0.4) is 0 Å². The van der Waals surface area contributed by atoms with Crippen molar-refractivity contribution < 1.29 is 14.3 Å². The van der Waals surface area contributed by atoms with Crippen LogP contribution in [-0.4, -0.2) is 43.3 Å². The van der Waals surface area contributed by atoms with Gasteiger partial charge in [0.1, 0.15) is 12.4 Å². The van der Waals surface area contributed by atoms with Crippen LogP contribution in [0.15, 0.2) is 77.9 Å². The molecule has 0 spiro atoms. The summed E-state index contributed by atoms with van der Waals surface area (Å²) in [5.41, 5.74) is 6.18. The van der Waals surface area contributed by atoms with Gasteiger partial charge in [0.2, 0.25) is 0 Å². The quantitative estimate of drug-likeness (QED) is 0.394. The molecule has 1 aliphatic heterocycles. The summed E-state index contributed by atoms with van der Waals surface area (Å²) in [6, 6.07) is 22.7. The Kier molecular flexibility index (Phi) is 8.09. The molecule has 0 atom stereocenters. The van der Waals surface area contributed by atoms with Gasteiger partial charge < -0.3 is 9.47 Å². The Bertz CT molecular complexity index is 1080. The van der Waals surface area contributed by atoms with Crippen LogP contribution in [0.1, 0.15) is 27.0 Å². The molecule has 1 amide bonds. The van der Waals surface area contributed by atoms with Gasteiger partial charge in [-0.05, 0) is 65.2 Å². The van der Waals surface area contributed by atoms with Crippen molar-refractivity contribution in [2.75, 3.05) is 26.3 Å². The van der Waals surface area contributed by atoms with Gasteiger partial charge in [0.05, 0.1) is 19.4 Å². The summed E-state index contributed by atoms with van der Waals surface area (Å²) in [7, 11) is 0. The van der Waals surface area contributed by atoms with Crippen molar-refractivity contribution in [3.8, 4) is 5.75 Å². The zero-order valence-corrected chi connectivity index (χ0v) is 19.0. The van der Waals surface area contributed by atoms with E-state index in [2.05, 4.69) is 15.4 Å². The van der Waals surface area contributed by atoms with E-state index in [1.807, 2.05) is 72.8 Å². The van der Waals surface area contributed by atoms with E-state index in [9.17, 15) is 4.79 Å². The van der Waals surface area contributed by atoms with Gasteiger partial charge in [-0.15, -0.1) is 0 Å². The van der Waals surface area contributed by atoms with E-state index < -0.39 is 0 Å². The van der Waals surface area contributed by atoms with Crippen LogP contribution in [0.25, 0.3) is 0 Å². The molecule has 1 fully saturated rings. The van der Waals surface area contributed by atoms with Crippen molar-refractivity contribution in [1.29, 1.82) is 0 Å². The molecule has 170 valence electrons. The van der Waals surface area contributed by atoms with Crippen molar-refractivity contribution in [3.05, 3.63) is 100 Å². The smallest absolute Gasteiger partial charge is 0.271 e. The van der Waals surface area contributed by atoms with Gasteiger partial charge in [-0.3, -0.25) is 9.69 Å². The van der Waals surface area contributed by atoms with E-state index in [0.717, 1.165) is 49.7 Å².